The maximum absolute atomic E-state index is 13.4. The van der Waals surface area contributed by atoms with Gasteiger partial charge in [0, 0.05) is 25.7 Å². The van der Waals surface area contributed by atoms with Crippen LogP contribution in [0, 0.1) is 11.3 Å². The third kappa shape index (κ3) is 6.13. The number of likely N-dealkylation sites (tertiary alicyclic amines) is 3. The van der Waals surface area contributed by atoms with Crippen LogP contribution in [-0.4, -0.2) is 82.0 Å². The van der Waals surface area contributed by atoms with Gasteiger partial charge in [0.25, 0.3) is 0 Å². The molecule has 39 heavy (non-hydrogen) atoms. The second kappa shape index (κ2) is 10.7. The van der Waals surface area contributed by atoms with Gasteiger partial charge in [-0.1, -0.05) is 12.1 Å². The Morgan fingerprint density at radius 1 is 1.21 bits per heavy atom. The molecule has 3 fully saturated rings. The molecule has 1 unspecified atom stereocenters. The highest BCUT2D eigenvalue weighted by atomic mass is 19.4. The molecule has 0 spiro atoms. The number of nitrogens with zero attached hydrogens (tertiary/aromatic N) is 4. The van der Waals surface area contributed by atoms with Gasteiger partial charge in [-0.05, 0) is 64.7 Å². The van der Waals surface area contributed by atoms with Crippen molar-refractivity contribution in [3.8, 4) is 6.07 Å². The van der Waals surface area contributed by atoms with Crippen molar-refractivity contribution < 1.29 is 32.3 Å². The molecule has 3 aliphatic heterocycles. The molecule has 3 amide bonds. The minimum atomic E-state index is -4.44. The summed E-state index contributed by atoms with van der Waals surface area (Å²) in [7, 11) is 0. The van der Waals surface area contributed by atoms with Gasteiger partial charge in [0.1, 0.15) is 17.7 Å². The van der Waals surface area contributed by atoms with E-state index >= 15 is 0 Å². The molecule has 0 aliphatic carbocycles. The second-order valence-corrected chi connectivity index (χ2v) is 11.4. The fourth-order valence-corrected chi connectivity index (χ4v) is 5.74. The van der Waals surface area contributed by atoms with E-state index in [-0.39, 0.29) is 18.5 Å². The summed E-state index contributed by atoms with van der Waals surface area (Å²) in [4.78, 5) is 44.5. The molecule has 212 valence electrons. The molecule has 0 aromatic heterocycles. The molecule has 3 heterocycles. The second-order valence-electron chi connectivity index (χ2n) is 11.4. The predicted octanol–water partition coefficient (Wildman–Crippen LogP) is 3.46. The van der Waals surface area contributed by atoms with Crippen LogP contribution in [0.2, 0.25) is 0 Å². The number of hydrogen-bond acceptors (Lipinski definition) is 6. The SMILES string of the molecule is C[C@H](c1ccc(C(F)(F)F)cc1)N1C(=O)[C@@H]2CC1CN2C[C@H](NC(=O)OC(C)(C)C)C(=O)N1CCC[C@H]1C#N. The highest BCUT2D eigenvalue weighted by Crippen LogP contribution is 2.39. The molecule has 12 heteroatoms. The molecule has 0 radical (unpaired) electrons. The zero-order chi connectivity index (χ0) is 28.7. The molecule has 5 atom stereocenters. The number of benzene rings is 1. The molecule has 9 nitrogen and oxygen atoms in total. The van der Waals surface area contributed by atoms with Gasteiger partial charge in [-0.15, -0.1) is 0 Å². The highest BCUT2D eigenvalue weighted by Gasteiger charge is 2.52. The number of amides is 3. The van der Waals surface area contributed by atoms with E-state index in [9.17, 15) is 32.8 Å². The molecule has 1 N–H and O–H groups in total. The van der Waals surface area contributed by atoms with E-state index in [1.165, 1.54) is 17.0 Å². The van der Waals surface area contributed by atoms with Crippen molar-refractivity contribution in [3.05, 3.63) is 35.4 Å². The van der Waals surface area contributed by atoms with Crippen LogP contribution in [-0.2, 0) is 20.5 Å². The van der Waals surface area contributed by atoms with E-state index in [4.69, 9.17) is 4.74 Å². The number of alkyl halides is 3. The van der Waals surface area contributed by atoms with Crippen molar-refractivity contribution in [3.63, 3.8) is 0 Å². The molecule has 2 bridgehead atoms. The van der Waals surface area contributed by atoms with Crippen LogP contribution in [0.3, 0.4) is 0 Å². The number of fused-ring (bicyclic) bond motifs is 2. The van der Waals surface area contributed by atoms with Crippen LogP contribution >= 0.6 is 0 Å². The fraction of sp³-hybridized carbons (Fsp3) is 0.630. The average molecular weight is 550 g/mol. The number of hydrogen-bond donors (Lipinski definition) is 1. The average Bonchev–Trinajstić information content (AvgIpc) is 3.55. The summed E-state index contributed by atoms with van der Waals surface area (Å²) in [5.74, 6) is -0.562. The van der Waals surface area contributed by atoms with Crippen molar-refractivity contribution in [2.24, 2.45) is 0 Å². The molecule has 4 rings (SSSR count). The number of rotatable bonds is 6. The Kier molecular flexibility index (Phi) is 7.85. The number of nitrogens with one attached hydrogen (secondary N) is 1. The number of alkyl carbamates (subject to hydrolysis) is 1. The number of carbonyl (C=O) groups excluding carboxylic acids is 3. The smallest absolute Gasteiger partial charge is 0.416 e. The minimum Gasteiger partial charge on any atom is -0.444 e. The van der Waals surface area contributed by atoms with Crippen LogP contribution in [0.25, 0.3) is 0 Å². The molecule has 0 saturated carbocycles. The summed E-state index contributed by atoms with van der Waals surface area (Å²) in [6, 6.07) is 4.25. The Hall–Kier alpha value is -3.33. The molecule has 1 aromatic carbocycles. The van der Waals surface area contributed by atoms with E-state index in [0.717, 1.165) is 12.1 Å². The van der Waals surface area contributed by atoms with Gasteiger partial charge in [0.05, 0.1) is 23.7 Å². The lowest BCUT2D eigenvalue weighted by atomic mass is 10.0. The summed E-state index contributed by atoms with van der Waals surface area (Å²) in [6.45, 7) is 7.84. The first-order chi connectivity index (χ1) is 18.2. The number of piperazine rings is 1. The third-order valence-corrected chi connectivity index (χ3v) is 7.54. The predicted molar refractivity (Wildman–Crippen MR) is 134 cm³/mol. The summed E-state index contributed by atoms with van der Waals surface area (Å²) in [6.07, 6.45) is -3.43. The molecule has 1 aromatic rings. The zero-order valence-corrected chi connectivity index (χ0v) is 22.5. The Bertz CT molecular complexity index is 1140. The van der Waals surface area contributed by atoms with Crippen molar-refractivity contribution in [2.45, 2.75) is 88.9 Å². The Morgan fingerprint density at radius 2 is 1.87 bits per heavy atom. The Balaban J connectivity index is 1.47. The minimum absolute atomic E-state index is 0.0716. The van der Waals surface area contributed by atoms with Crippen LogP contribution in [0.15, 0.2) is 24.3 Å². The van der Waals surface area contributed by atoms with E-state index in [1.807, 2.05) is 4.90 Å². The standard InChI is InChI=1S/C27H34F3N5O4/c1-16(17-7-9-18(10-8-17)27(28,29)30)35-20-12-22(24(35)37)33(14-20)15-21(32-25(38)39-26(2,3)4)23(36)34-11-5-6-19(34)13-31/h7-10,16,19-22H,5-6,11-12,14-15H2,1-4H3,(H,32,38)/t16-,19+,20?,21+,22+/m1/s1. The first kappa shape index (κ1) is 28.7. The lowest BCUT2D eigenvalue weighted by Gasteiger charge is -2.39. The quantitative estimate of drug-likeness (QED) is 0.583. The Labute approximate surface area is 225 Å². The molecule has 3 saturated heterocycles. The fourth-order valence-electron chi connectivity index (χ4n) is 5.74. The van der Waals surface area contributed by atoms with Gasteiger partial charge in [0.2, 0.25) is 11.8 Å². The van der Waals surface area contributed by atoms with E-state index in [0.29, 0.717) is 37.9 Å². The van der Waals surface area contributed by atoms with Crippen LogP contribution in [0.1, 0.15) is 64.1 Å². The Morgan fingerprint density at radius 3 is 2.44 bits per heavy atom. The topological polar surface area (TPSA) is 106 Å². The van der Waals surface area contributed by atoms with Gasteiger partial charge >= 0.3 is 12.3 Å². The van der Waals surface area contributed by atoms with Crippen molar-refractivity contribution in [1.29, 1.82) is 5.26 Å². The summed E-state index contributed by atoms with van der Waals surface area (Å²) in [5.41, 5.74) is -0.923. The third-order valence-electron chi connectivity index (χ3n) is 7.54. The number of nitriles is 1. The van der Waals surface area contributed by atoms with Gasteiger partial charge in [0.15, 0.2) is 0 Å². The van der Waals surface area contributed by atoms with Gasteiger partial charge < -0.3 is 19.9 Å². The van der Waals surface area contributed by atoms with Crippen molar-refractivity contribution in [1.82, 2.24) is 20.0 Å². The maximum Gasteiger partial charge on any atom is 0.416 e. The summed E-state index contributed by atoms with van der Waals surface area (Å²) < 4.78 is 44.2. The molecular formula is C27H34F3N5O4. The lowest BCUT2D eigenvalue weighted by Crippen LogP contribution is -2.59. The first-order valence-corrected chi connectivity index (χ1v) is 13.1. The van der Waals surface area contributed by atoms with E-state index in [1.54, 1.807) is 32.6 Å². The van der Waals surface area contributed by atoms with Gasteiger partial charge in [-0.25, -0.2) is 4.79 Å². The van der Waals surface area contributed by atoms with Crippen molar-refractivity contribution in [2.75, 3.05) is 19.6 Å². The highest BCUT2D eigenvalue weighted by molar-refractivity contribution is 5.88. The largest absolute Gasteiger partial charge is 0.444 e. The van der Waals surface area contributed by atoms with Crippen LogP contribution in [0.4, 0.5) is 18.0 Å². The lowest BCUT2D eigenvalue weighted by molar-refractivity contribution is -0.141. The van der Waals surface area contributed by atoms with E-state index < -0.39 is 53.5 Å². The van der Waals surface area contributed by atoms with E-state index in [2.05, 4.69) is 11.4 Å². The molecular weight excluding hydrogens is 515 g/mol. The molecule has 3 aliphatic rings. The summed E-state index contributed by atoms with van der Waals surface area (Å²) >= 11 is 0. The van der Waals surface area contributed by atoms with Gasteiger partial charge in [-0.2, -0.15) is 18.4 Å². The number of halogens is 3. The first-order valence-electron chi connectivity index (χ1n) is 13.1. The number of ether oxygens (including phenoxy) is 1. The monoisotopic (exact) mass is 549 g/mol. The summed E-state index contributed by atoms with van der Waals surface area (Å²) in [5, 5.41) is 12.1. The van der Waals surface area contributed by atoms with Gasteiger partial charge in [-0.3, -0.25) is 14.5 Å². The maximum atomic E-state index is 13.4. The zero-order valence-electron chi connectivity index (χ0n) is 22.5. The van der Waals surface area contributed by atoms with Crippen LogP contribution in [0.5, 0.6) is 0 Å². The normalized spacial score (nSPS) is 25.0. The van der Waals surface area contributed by atoms with Crippen LogP contribution < -0.4 is 5.32 Å². The number of carbonyl (C=O) groups is 3. The van der Waals surface area contributed by atoms with Crippen molar-refractivity contribution >= 4 is 17.9 Å².